The molecule has 1 saturated heterocycles. The van der Waals surface area contributed by atoms with Gasteiger partial charge in [0.1, 0.15) is 5.75 Å². The van der Waals surface area contributed by atoms with Crippen LogP contribution >= 0.6 is 11.3 Å². The molecule has 140 valence electrons. The first-order valence-electron chi connectivity index (χ1n) is 9.77. The van der Waals surface area contributed by atoms with Crippen LogP contribution in [-0.2, 0) is 0 Å². The summed E-state index contributed by atoms with van der Waals surface area (Å²) in [7, 11) is 0. The van der Waals surface area contributed by atoms with E-state index in [-0.39, 0.29) is 5.78 Å². The second-order valence-electron chi connectivity index (χ2n) is 7.10. The third kappa shape index (κ3) is 4.40. The number of carbonyl (C=O) groups excluding carboxylic acids is 1. The van der Waals surface area contributed by atoms with Crippen LogP contribution in [0.4, 0.5) is 0 Å². The maximum Gasteiger partial charge on any atom is 0.194 e. The largest absolute Gasteiger partial charge is 0.494 e. The lowest BCUT2D eigenvalue weighted by molar-refractivity contribution is 0.104. The van der Waals surface area contributed by atoms with Gasteiger partial charge in [0.2, 0.25) is 0 Å². The Morgan fingerprint density at radius 1 is 1.00 bits per heavy atom. The fourth-order valence-corrected chi connectivity index (χ4v) is 4.61. The van der Waals surface area contributed by atoms with E-state index in [2.05, 4.69) is 11.0 Å². The fraction of sp³-hybridized carbons (Fsp3) is 0.348. The van der Waals surface area contributed by atoms with Crippen molar-refractivity contribution in [1.29, 1.82) is 0 Å². The number of hydrogen-bond acceptors (Lipinski definition) is 4. The number of thiophene rings is 1. The van der Waals surface area contributed by atoms with Gasteiger partial charge in [0.25, 0.3) is 0 Å². The molecular formula is C23H25NO2S. The molecular weight excluding hydrogens is 354 g/mol. The molecule has 0 aliphatic carbocycles. The van der Waals surface area contributed by atoms with Crippen LogP contribution in [0.5, 0.6) is 5.75 Å². The number of rotatable bonds is 7. The highest BCUT2D eigenvalue weighted by atomic mass is 32.1. The van der Waals surface area contributed by atoms with Crippen molar-refractivity contribution in [3.63, 3.8) is 0 Å². The van der Waals surface area contributed by atoms with Gasteiger partial charge in [-0.05, 0) is 62.7 Å². The predicted molar refractivity (Wildman–Crippen MR) is 112 cm³/mol. The van der Waals surface area contributed by atoms with Gasteiger partial charge in [-0.15, -0.1) is 11.3 Å². The smallest absolute Gasteiger partial charge is 0.194 e. The minimum atomic E-state index is 0.0732. The Balaban J connectivity index is 1.32. The van der Waals surface area contributed by atoms with E-state index in [0.717, 1.165) is 41.0 Å². The monoisotopic (exact) mass is 379 g/mol. The number of likely N-dealkylation sites (tertiary alicyclic amines) is 1. The summed E-state index contributed by atoms with van der Waals surface area (Å²) in [6, 6.07) is 15.6. The SMILES string of the molecule is O=C(c1ccc(OCCCN2CCCCC2)cc1)c1csc2ccccc12. The lowest BCUT2D eigenvalue weighted by Gasteiger charge is -2.26. The summed E-state index contributed by atoms with van der Waals surface area (Å²) < 4.78 is 7.00. The van der Waals surface area contributed by atoms with Crippen LogP contribution in [0.1, 0.15) is 41.6 Å². The van der Waals surface area contributed by atoms with Crippen molar-refractivity contribution in [2.75, 3.05) is 26.2 Å². The lowest BCUT2D eigenvalue weighted by atomic mass is 10.0. The van der Waals surface area contributed by atoms with E-state index in [4.69, 9.17) is 4.74 Å². The third-order valence-electron chi connectivity index (χ3n) is 5.18. The van der Waals surface area contributed by atoms with E-state index >= 15 is 0 Å². The van der Waals surface area contributed by atoms with Crippen LogP contribution < -0.4 is 4.74 Å². The van der Waals surface area contributed by atoms with Gasteiger partial charge in [-0.2, -0.15) is 0 Å². The molecule has 0 spiro atoms. The second-order valence-corrected chi connectivity index (χ2v) is 8.01. The zero-order chi connectivity index (χ0) is 18.5. The van der Waals surface area contributed by atoms with Crippen molar-refractivity contribution < 1.29 is 9.53 Å². The van der Waals surface area contributed by atoms with E-state index in [1.807, 2.05) is 47.8 Å². The Morgan fingerprint density at radius 3 is 2.59 bits per heavy atom. The van der Waals surface area contributed by atoms with Gasteiger partial charge >= 0.3 is 0 Å². The first-order chi connectivity index (χ1) is 13.3. The molecule has 0 saturated carbocycles. The van der Waals surface area contributed by atoms with E-state index in [9.17, 15) is 4.79 Å². The van der Waals surface area contributed by atoms with Crippen molar-refractivity contribution in [2.24, 2.45) is 0 Å². The molecule has 2 aromatic carbocycles. The molecule has 0 bridgehead atoms. The van der Waals surface area contributed by atoms with E-state index < -0.39 is 0 Å². The number of piperidine rings is 1. The van der Waals surface area contributed by atoms with Crippen molar-refractivity contribution in [3.8, 4) is 5.75 Å². The molecule has 1 aromatic heterocycles. The normalized spacial score (nSPS) is 15.1. The molecule has 0 amide bonds. The Labute approximate surface area is 164 Å². The van der Waals surface area contributed by atoms with Gasteiger partial charge in [0, 0.05) is 33.1 Å². The zero-order valence-electron chi connectivity index (χ0n) is 15.5. The number of ether oxygens (including phenoxy) is 1. The molecule has 2 heterocycles. The molecule has 4 heteroatoms. The molecule has 27 heavy (non-hydrogen) atoms. The molecule has 0 radical (unpaired) electrons. The van der Waals surface area contributed by atoms with Gasteiger partial charge in [-0.1, -0.05) is 24.6 Å². The highest BCUT2D eigenvalue weighted by Crippen LogP contribution is 2.28. The van der Waals surface area contributed by atoms with Crippen molar-refractivity contribution in [2.45, 2.75) is 25.7 Å². The van der Waals surface area contributed by atoms with Gasteiger partial charge in [-0.25, -0.2) is 0 Å². The molecule has 1 fully saturated rings. The Morgan fingerprint density at radius 2 is 1.78 bits per heavy atom. The van der Waals surface area contributed by atoms with E-state index in [0.29, 0.717) is 5.56 Å². The summed E-state index contributed by atoms with van der Waals surface area (Å²) in [5, 5.41) is 2.99. The minimum absolute atomic E-state index is 0.0732. The average molecular weight is 380 g/mol. The molecule has 0 N–H and O–H groups in total. The standard InChI is InChI=1S/C23H25NO2S/c25-23(21-17-27-22-8-3-2-7-20(21)22)18-9-11-19(12-10-18)26-16-6-15-24-13-4-1-5-14-24/h2-3,7-12,17H,1,4-6,13-16H2. The molecule has 1 aliphatic rings. The maximum atomic E-state index is 12.8. The first-order valence-corrected chi connectivity index (χ1v) is 10.7. The Bertz CT molecular complexity index is 894. The van der Waals surface area contributed by atoms with Crippen LogP contribution in [-0.4, -0.2) is 36.9 Å². The van der Waals surface area contributed by atoms with E-state index in [1.54, 1.807) is 11.3 Å². The third-order valence-corrected chi connectivity index (χ3v) is 6.14. The van der Waals surface area contributed by atoms with Crippen LogP contribution in [0.25, 0.3) is 10.1 Å². The van der Waals surface area contributed by atoms with Crippen LogP contribution in [0.3, 0.4) is 0 Å². The molecule has 1 aliphatic heterocycles. The van der Waals surface area contributed by atoms with E-state index in [1.165, 1.54) is 32.4 Å². The quantitative estimate of drug-likeness (QED) is 0.407. The number of fused-ring (bicyclic) bond motifs is 1. The van der Waals surface area contributed by atoms with Crippen molar-refractivity contribution in [1.82, 2.24) is 4.90 Å². The summed E-state index contributed by atoms with van der Waals surface area (Å²) in [5.74, 6) is 0.907. The van der Waals surface area contributed by atoms with Crippen molar-refractivity contribution >= 4 is 27.2 Å². The molecule has 0 atom stereocenters. The molecule has 0 unspecified atom stereocenters. The number of benzene rings is 2. The van der Waals surface area contributed by atoms with Crippen LogP contribution in [0.2, 0.25) is 0 Å². The average Bonchev–Trinajstić information content (AvgIpc) is 3.16. The predicted octanol–water partition coefficient (Wildman–Crippen LogP) is 5.39. The van der Waals surface area contributed by atoms with Crippen LogP contribution in [0, 0.1) is 0 Å². The summed E-state index contributed by atoms with van der Waals surface area (Å²) >= 11 is 1.62. The van der Waals surface area contributed by atoms with Crippen LogP contribution in [0.15, 0.2) is 53.9 Å². The first kappa shape index (κ1) is 18.2. The fourth-order valence-electron chi connectivity index (χ4n) is 3.67. The highest BCUT2D eigenvalue weighted by molar-refractivity contribution is 7.17. The molecule has 3 nitrogen and oxygen atoms in total. The van der Waals surface area contributed by atoms with Gasteiger partial charge < -0.3 is 9.64 Å². The Kier molecular flexibility index (Phi) is 5.85. The minimum Gasteiger partial charge on any atom is -0.494 e. The number of hydrogen-bond donors (Lipinski definition) is 0. The summed E-state index contributed by atoms with van der Waals surface area (Å²) in [6.07, 6.45) is 5.08. The van der Waals surface area contributed by atoms with Gasteiger partial charge in [0.15, 0.2) is 5.78 Å². The highest BCUT2D eigenvalue weighted by Gasteiger charge is 2.14. The summed E-state index contributed by atoms with van der Waals surface area (Å²) in [5.41, 5.74) is 1.49. The molecule has 3 aromatic rings. The topological polar surface area (TPSA) is 29.5 Å². The summed E-state index contributed by atoms with van der Waals surface area (Å²) in [6.45, 7) is 4.29. The maximum absolute atomic E-state index is 12.8. The van der Waals surface area contributed by atoms with Gasteiger partial charge in [0.05, 0.1) is 6.61 Å². The number of ketones is 1. The number of nitrogens with zero attached hydrogens (tertiary/aromatic N) is 1. The Hall–Kier alpha value is -2.17. The summed E-state index contributed by atoms with van der Waals surface area (Å²) in [4.78, 5) is 15.4. The van der Waals surface area contributed by atoms with Gasteiger partial charge in [-0.3, -0.25) is 4.79 Å². The second kappa shape index (κ2) is 8.68. The zero-order valence-corrected chi connectivity index (χ0v) is 16.3. The lowest BCUT2D eigenvalue weighted by Crippen LogP contribution is -2.31. The number of carbonyl (C=O) groups is 1. The molecule has 4 rings (SSSR count). The van der Waals surface area contributed by atoms with Crippen molar-refractivity contribution in [3.05, 3.63) is 65.0 Å².